The van der Waals surface area contributed by atoms with Gasteiger partial charge in [0, 0.05) is 6.42 Å². The second-order valence-corrected chi connectivity index (χ2v) is 7.46. The quantitative estimate of drug-likeness (QED) is 0.409. The molecule has 0 aromatic heterocycles. The Balaban J connectivity index is 1.66. The molecule has 0 aliphatic rings. The van der Waals surface area contributed by atoms with Crippen molar-refractivity contribution in [3.8, 4) is 0 Å². The number of nitrogens with one attached hydrogen (secondary N) is 1. The summed E-state index contributed by atoms with van der Waals surface area (Å²) in [4.78, 5) is 25.1. The van der Waals surface area contributed by atoms with Crippen LogP contribution >= 0.6 is 0 Å². The summed E-state index contributed by atoms with van der Waals surface area (Å²) in [5.74, 6) is -1.83. The third-order valence-corrected chi connectivity index (χ3v) is 5.32. The zero-order chi connectivity index (χ0) is 22.9. The molecule has 4 rings (SSSR count). The van der Waals surface area contributed by atoms with Gasteiger partial charge in [0.15, 0.2) is 0 Å². The fourth-order valence-corrected chi connectivity index (χ4v) is 3.75. The number of carbonyl (C=O) groups is 2. The summed E-state index contributed by atoms with van der Waals surface area (Å²) < 4.78 is 38.3. The maximum absolute atomic E-state index is 13.2. The number of fused-ring (bicyclic) bond motifs is 2. The molecule has 2 N–H and O–H groups in total. The number of halogens is 3. The summed E-state index contributed by atoms with van der Waals surface area (Å²) >= 11 is 0. The van der Waals surface area contributed by atoms with E-state index in [2.05, 4.69) is 5.32 Å². The van der Waals surface area contributed by atoms with Crippen LogP contribution in [0.15, 0.2) is 78.9 Å². The van der Waals surface area contributed by atoms with E-state index in [1.54, 1.807) is 24.3 Å². The van der Waals surface area contributed by atoms with Crippen molar-refractivity contribution in [3.05, 3.63) is 95.6 Å². The van der Waals surface area contributed by atoms with Crippen LogP contribution < -0.4 is 5.32 Å². The van der Waals surface area contributed by atoms with Gasteiger partial charge in [0.2, 0.25) is 0 Å². The molecular weight excluding hydrogens is 419 g/mol. The largest absolute Gasteiger partial charge is 0.480 e. The average Bonchev–Trinajstić information content (AvgIpc) is 2.76. The molecular formula is C25H18F3NO3. The van der Waals surface area contributed by atoms with Gasteiger partial charge in [0.1, 0.15) is 6.04 Å². The third-order valence-electron chi connectivity index (χ3n) is 5.32. The first-order valence-corrected chi connectivity index (χ1v) is 9.84. The molecule has 4 aromatic carbocycles. The van der Waals surface area contributed by atoms with Crippen LogP contribution in [0.4, 0.5) is 13.2 Å². The monoisotopic (exact) mass is 437 g/mol. The molecule has 0 unspecified atom stereocenters. The van der Waals surface area contributed by atoms with Crippen molar-refractivity contribution in [2.24, 2.45) is 0 Å². The van der Waals surface area contributed by atoms with Crippen LogP contribution in [0.25, 0.3) is 21.5 Å². The molecule has 0 radical (unpaired) electrons. The topological polar surface area (TPSA) is 66.4 Å². The second-order valence-electron chi connectivity index (χ2n) is 7.46. The molecule has 0 aliphatic heterocycles. The van der Waals surface area contributed by atoms with Crippen molar-refractivity contribution in [2.45, 2.75) is 18.6 Å². The van der Waals surface area contributed by atoms with Gasteiger partial charge >= 0.3 is 12.1 Å². The van der Waals surface area contributed by atoms with Crippen molar-refractivity contribution in [1.82, 2.24) is 5.32 Å². The number of hydrogen-bond acceptors (Lipinski definition) is 2. The summed E-state index contributed by atoms with van der Waals surface area (Å²) in [6, 6.07) is 19.5. The predicted octanol–water partition coefficient (Wildman–Crippen LogP) is 5.44. The summed E-state index contributed by atoms with van der Waals surface area (Å²) in [5.41, 5.74) is -0.0924. The Labute approximate surface area is 181 Å². The number of alkyl halides is 3. The highest BCUT2D eigenvalue weighted by atomic mass is 19.4. The molecule has 4 nitrogen and oxygen atoms in total. The zero-order valence-electron chi connectivity index (χ0n) is 16.7. The maximum atomic E-state index is 13.2. The molecule has 0 aliphatic carbocycles. The first-order valence-electron chi connectivity index (χ1n) is 9.84. The molecule has 162 valence electrons. The lowest BCUT2D eigenvalue weighted by Crippen LogP contribution is -2.42. The van der Waals surface area contributed by atoms with Gasteiger partial charge in [-0.3, -0.25) is 4.79 Å². The first-order chi connectivity index (χ1) is 15.2. The van der Waals surface area contributed by atoms with Gasteiger partial charge < -0.3 is 10.4 Å². The third kappa shape index (κ3) is 4.27. The minimum atomic E-state index is -4.48. The molecule has 7 heteroatoms. The van der Waals surface area contributed by atoms with Crippen LogP contribution in [0.2, 0.25) is 0 Å². The zero-order valence-corrected chi connectivity index (χ0v) is 16.7. The number of carbonyl (C=O) groups excluding carboxylic acids is 1. The summed E-state index contributed by atoms with van der Waals surface area (Å²) in [5, 5.41) is 15.2. The lowest BCUT2D eigenvalue weighted by molar-refractivity contribution is -0.139. The van der Waals surface area contributed by atoms with Crippen molar-refractivity contribution in [3.63, 3.8) is 0 Å². The van der Waals surface area contributed by atoms with Crippen molar-refractivity contribution in [2.75, 3.05) is 0 Å². The standard InChI is InChI=1S/C25H18F3NO3/c26-25(27,28)18-11-9-15(10-12-18)13-21(24(31)32)29-23(30)22-19-7-3-1-5-16(19)14-17-6-2-4-8-20(17)22/h1-12,14,21H,13H2,(H,29,30)(H,31,32)/t21-/m0/s1. The van der Waals surface area contributed by atoms with Crippen LogP contribution in [-0.4, -0.2) is 23.0 Å². The van der Waals surface area contributed by atoms with Crippen molar-refractivity contribution >= 4 is 33.4 Å². The summed E-state index contributed by atoms with van der Waals surface area (Å²) in [7, 11) is 0. The highest BCUT2D eigenvalue weighted by molar-refractivity contribution is 6.18. The number of rotatable bonds is 5. The Kier molecular flexibility index (Phi) is 5.57. The number of aliphatic carboxylic acids is 1. The van der Waals surface area contributed by atoms with E-state index in [1.807, 2.05) is 30.3 Å². The smallest absolute Gasteiger partial charge is 0.416 e. The van der Waals surface area contributed by atoms with E-state index < -0.39 is 29.7 Å². The van der Waals surface area contributed by atoms with E-state index >= 15 is 0 Å². The summed E-state index contributed by atoms with van der Waals surface area (Å²) in [6.45, 7) is 0. The lowest BCUT2D eigenvalue weighted by atomic mass is 9.95. The number of benzene rings is 4. The van der Waals surface area contributed by atoms with Crippen LogP contribution in [0.1, 0.15) is 21.5 Å². The SMILES string of the molecule is O=C(N[C@@H](Cc1ccc(C(F)(F)F)cc1)C(=O)O)c1c2ccccc2cc2ccccc12. The molecule has 0 saturated carbocycles. The number of carboxylic acids is 1. The van der Waals surface area contributed by atoms with Gasteiger partial charge in [-0.25, -0.2) is 4.79 Å². The van der Waals surface area contributed by atoms with E-state index in [0.717, 1.165) is 22.9 Å². The minimum absolute atomic E-state index is 0.151. The highest BCUT2D eigenvalue weighted by Gasteiger charge is 2.30. The summed E-state index contributed by atoms with van der Waals surface area (Å²) in [6.07, 6.45) is -4.63. The Morgan fingerprint density at radius 2 is 1.38 bits per heavy atom. The first kappa shape index (κ1) is 21.4. The molecule has 4 aromatic rings. The van der Waals surface area contributed by atoms with Gasteiger partial charge in [-0.1, -0.05) is 60.7 Å². The predicted molar refractivity (Wildman–Crippen MR) is 115 cm³/mol. The molecule has 1 amide bonds. The van der Waals surface area contributed by atoms with E-state index in [-0.39, 0.29) is 6.42 Å². The van der Waals surface area contributed by atoms with E-state index in [9.17, 15) is 27.9 Å². The fourth-order valence-electron chi connectivity index (χ4n) is 3.75. The van der Waals surface area contributed by atoms with E-state index in [0.29, 0.717) is 21.9 Å². The molecule has 0 spiro atoms. The highest BCUT2D eigenvalue weighted by Crippen LogP contribution is 2.30. The van der Waals surface area contributed by atoms with Crippen molar-refractivity contribution < 1.29 is 27.9 Å². The van der Waals surface area contributed by atoms with E-state index in [1.165, 1.54) is 12.1 Å². The van der Waals surface area contributed by atoms with Gasteiger partial charge in [0.25, 0.3) is 5.91 Å². The Bertz CT molecular complexity index is 1260. The van der Waals surface area contributed by atoms with E-state index in [4.69, 9.17) is 0 Å². The lowest BCUT2D eigenvalue weighted by Gasteiger charge is -2.17. The van der Waals surface area contributed by atoms with Gasteiger partial charge in [-0.05, 0) is 45.3 Å². The average molecular weight is 437 g/mol. The molecule has 1 atom stereocenters. The van der Waals surface area contributed by atoms with Crippen LogP contribution in [-0.2, 0) is 17.4 Å². The molecule has 32 heavy (non-hydrogen) atoms. The maximum Gasteiger partial charge on any atom is 0.416 e. The number of amides is 1. The molecule has 0 saturated heterocycles. The van der Waals surface area contributed by atoms with Crippen LogP contribution in [0, 0.1) is 0 Å². The second kappa shape index (κ2) is 8.34. The normalized spacial score (nSPS) is 12.6. The van der Waals surface area contributed by atoms with Crippen LogP contribution in [0.5, 0.6) is 0 Å². The Morgan fingerprint density at radius 1 is 0.844 bits per heavy atom. The number of hydrogen-bond donors (Lipinski definition) is 2. The van der Waals surface area contributed by atoms with Gasteiger partial charge in [-0.15, -0.1) is 0 Å². The fraction of sp³-hybridized carbons (Fsp3) is 0.120. The molecule has 0 heterocycles. The molecule has 0 bridgehead atoms. The number of carboxylic acid groups (broad SMARTS) is 1. The molecule has 0 fully saturated rings. The minimum Gasteiger partial charge on any atom is -0.480 e. The van der Waals surface area contributed by atoms with Crippen LogP contribution in [0.3, 0.4) is 0 Å². The van der Waals surface area contributed by atoms with Gasteiger partial charge in [-0.2, -0.15) is 13.2 Å². The van der Waals surface area contributed by atoms with Crippen molar-refractivity contribution in [1.29, 1.82) is 0 Å². The van der Waals surface area contributed by atoms with Gasteiger partial charge in [0.05, 0.1) is 11.1 Å². The Morgan fingerprint density at radius 3 is 1.88 bits per heavy atom. The Hall–Kier alpha value is -3.87.